The van der Waals surface area contributed by atoms with E-state index in [1.54, 1.807) is 17.0 Å². The zero-order chi connectivity index (χ0) is 28.2. The predicted molar refractivity (Wildman–Crippen MR) is 150 cm³/mol. The van der Waals surface area contributed by atoms with Gasteiger partial charge >= 0.3 is 0 Å². The Hall–Kier alpha value is -3.56. The molecule has 2 atom stereocenters. The molecule has 9 nitrogen and oxygen atoms in total. The molecular formula is C31H38N2O7. The van der Waals surface area contributed by atoms with Gasteiger partial charge in [-0.2, -0.15) is 0 Å². The van der Waals surface area contributed by atoms with Crippen LogP contribution in [-0.4, -0.2) is 85.3 Å². The first kappa shape index (κ1) is 28.0. The number of hydrogen-bond acceptors (Lipinski definition) is 8. The molecule has 0 radical (unpaired) electrons. The molecular weight excluding hydrogens is 512 g/mol. The molecule has 2 saturated heterocycles. The Morgan fingerprint density at radius 1 is 1.00 bits per heavy atom. The van der Waals surface area contributed by atoms with E-state index in [0.29, 0.717) is 68.4 Å². The van der Waals surface area contributed by atoms with Crippen molar-refractivity contribution in [3.8, 4) is 17.2 Å². The smallest absolute Gasteiger partial charge is 0.295 e. The van der Waals surface area contributed by atoms with Gasteiger partial charge in [-0.15, -0.1) is 0 Å². The molecule has 40 heavy (non-hydrogen) atoms. The van der Waals surface area contributed by atoms with Crippen LogP contribution in [0.25, 0.3) is 5.76 Å². The van der Waals surface area contributed by atoms with Crippen molar-refractivity contribution < 1.29 is 33.6 Å². The van der Waals surface area contributed by atoms with Crippen LogP contribution in [0, 0.1) is 0 Å². The fourth-order valence-electron chi connectivity index (χ4n) is 5.71. The van der Waals surface area contributed by atoms with Gasteiger partial charge in [-0.1, -0.05) is 6.07 Å². The molecule has 3 aliphatic heterocycles. The van der Waals surface area contributed by atoms with Gasteiger partial charge in [0.05, 0.1) is 38.0 Å². The van der Waals surface area contributed by atoms with Crippen molar-refractivity contribution in [3.63, 3.8) is 0 Å². The SMILES string of the molecule is CCOc1ccc([C@H]2C(=C(O)c3ccc4c(c3)C[C@@H](C)O4)C(=O)C(=O)N2CCCN2CCOCC2)cc1OCC. The van der Waals surface area contributed by atoms with E-state index in [9.17, 15) is 14.7 Å². The van der Waals surface area contributed by atoms with Crippen LogP contribution in [0.3, 0.4) is 0 Å². The van der Waals surface area contributed by atoms with Crippen molar-refractivity contribution in [1.29, 1.82) is 0 Å². The summed E-state index contributed by atoms with van der Waals surface area (Å²) in [5.41, 5.74) is 2.21. The van der Waals surface area contributed by atoms with E-state index in [4.69, 9.17) is 18.9 Å². The van der Waals surface area contributed by atoms with E-state index in [-0.39, 0.29) is 17.4 Å². The molecule has 0 saturated carbocycles. The molecule has 1 amide bonds. The summed E-state index contributed by atoms with van der Waals surface area (Å²) in [7, 11) is 0. The van der Waals surface area contributed by atoms with Gasteiger partial charge in [0.25, 0.3) is 11.7 Å². The Labute approximate surface area is 235 Å². The summed E-state index contributed by atoms with van der Waals surface area (Å²) in [5.74, 6) is 0.407. The Bertz CT molecular complexity index is 1280. The van der Waals surface area contributed by atoms with Crippen molar-refractivity contribution in [2.45, 2.75) is 45.8 Å². The van der Waals surface area contributed by atoms with E-state index in [2.05, 4.69) is 4.90 Å². The number of aliphatic hydroxyl groups excluding tert-OH is 1. The standard InChI is InChI=1S/C31H38N2O7/c1-4-38-25-10-7-21(19-26(25)39-5-2)28-27(29(34)22-8-9-24-23(18-22)17-20(3)40-24)30(35)31(36)33(28)12-6-11-32-13-15-37-16-14-32/h7-10,18-20,28,34H,4-6,11-17H2,1-3H3/t20-,28+/m1/s1. The van der Waals surface area contributed by atoms with Crippen LogP contribution in [0.4, 0.5) is 0 Å². The summed E-state index contributed by atoms with van der Waals surface area (Å²) in [6, 6.07) is 10.1. The predicted octanol–water partition coefficient (Wildman–Crippen LogP) is 3.95. The molecule has 214 valence electrons. The fraction of sp³-hybridized carbons (Fsp3) is 0.484. The number of ketones is 1. The van der Waals surface area contributed by atoms with Gasteiger partial charge in [0.2, 0.25) is 0 Å². The Balaban J connectivity index is 1.53. The first-order valence-electron chi connectivity index (χ1n) is 14.2. The molecule has 2 aromatic rings. The maximum Gasteiger partial charge on any atom is 0.295 e. The van der Waals surface area contributed by atoms with E-state index in [0.717, 1.165) is 30.9 Å². The Kier molecular flexibility index (Phi) is 8.61. The van der Waals surface area contributed by atoms with Crippen molar-refractivity contribution in [2.24, 2.45) is 0 Å². The second-order valence-electron chi connectivity index (χ2n) is 10.3. The number of hydrogen-bond donors (Lipinski definition) is 1. The Morgan fingerprint density at radius 3 is 2.50 bits per heavy atom. The number of carbonyl (C=O) groups excluding carboxylic acids is 2. The highest BCUT2D eigenvalue weighted by molar-refractivity contribution is 6.46. The van der Waals surface area contributed by atoms with Crippen LogP contribution in [0.15, 0.2) is 42.0 Å². The van der Waals surface area contributed by atoms with E-state index >= 15 is 0 Å². The topological polar surface area (TPSA) is 97.8 Å². The summed E-state index contributed by atoms with van der Waals surface area (Å²) >= 11 is 0. The third-order valence-corrected chi connectivity index (χ3v) is 7.57. The summed E-state index contributed by atoms with van der Waals surface area (Å²) in [6.45, 7) is 10.9. The molecule has 2 fully saturated rings. The molecule has 2 aromatic carbocycles. The number of benzene rings is 2. The van der Waals surface area contributed by atoms with Gasteiger partial charge < -0.3 is 29.0 Å². The minimum atomic E-state index is -0.761. The fourth-order valence-corrected chi connectivity index (χ4v) is 5.71. The summed E-state index contributed by atoms with van der Waals surface area (Å²) in [5, 5.41) is 11.6. The number of ether oxygens (including phenoxy) is 4. The lowest BCUT2D eigenvalue weighted by Crippen LogP contribution is -2.39. The quantitative estimate of drug-likeness (QED) is 0.270. The van der Waals surface area contributed by atoms with Crippen LogP contribution in [-0.2, 0) is 20.7 Å². The van der Waals surface area contributed by atoms with Crippen LogP contribution in [0.5, 0.6) is 17.2 Å². The average Bonchev–Trinajstić information content (AvgIpc) is 3.45. The average molecular weight is 551 g/mol. The summed E-state index contributed by atoms with van der Waals surface area (Å²) in [6.07, 6.45) is 1.45. The summed E-state index contributed by atoms with van der Waals surface area (Å²) < 4.78 is 22.9. The van der Waals surface area contributed by atoms with Crippen LogP contribution in [0.1, 0.15) is 49.9 Å². The number of morpholine rings is 1. The van der Waals surface area contributed by atoms with Gasteiger partial charge in [0, 0.05) is 38.2 Å². The molecule has 0 spiro atoms. The molecule has 5 rings (SSSR count). The number of aliphatic hydroxyl groups is 1. The second-order valence-corrected chi connectivity index (χ2v) is 10.3. The van der Waals surface area contributed by atoms with Crippen molar-refractivity contribution in [1.82, 2.24) is 9.80 Å². The van der Waals surface area contributed by atoms with Gasteiger partial charge in [0.1, 0.15) is 17.6 Å². The number of rotatable bonds is 10. The molecule has 3 heterocycles. The van der Waals surface area contributed by atoms with Crippen LogP contribution in [0.2, 0.25) is 0 Å². The number of carbonyl (C=O) groups is 2. The number of amides is 1. The highest BCUT2D eigenvalue weighted by atomic mass is 16.5. The highest BCUT2D eigenvalue weighted by Crippen LogP contribution is 2.43. The lowest BCUT2D eigenvalue weighted by molar-refractivity contribution is -0.140. The molecule has 0 unspecified atom stereocenters. The largest absolute Gasteiger partial charge is 0.507 e. The zero-order valence-corrected chi connectivity index (χ0v) is 23.5. The van der Waals surface area contributed by atoms with Crippen molar-refractivity contribution >= 4 is 17.4 Å². The summed E-state index contributed by atoms with van der Waals surface area (Å²) in [4.78, 5) is 30.9. The van der Waals surface area contributed by atoms with E-state index in [1.165, 1.54) is 0 Å². The molecule has 0 aromatic heterocycles. The van der Waals surface area contributed by atoms with Crippen molar-refractivity contribution in [3.05, 3.63) is 58.7 Å². The number of fused-ring (bicyclic) bond motifs is 1. The van der Waals surface area contributed by atoms with Gasteiger partial charge in [-0.25, -0.2) is 0 Å². The van der Waals surface area contributed by atoms with Gasteiger partial charge in [0.15, 0.2) is 11.5 Å². The monoisotopic (exact) mass is 550 g/mol. The number of Topliss-reactive ketones (excluding diaryl/α,β-unsaturated/α-hetero) is 1. The maximum absolute atomic E-state index is 13.5. The van der Waals surface area contributed by atoms with Crippen LogP contribution < -0.4 is 14.2 Å². The van der Waals surface area contributed by atoms with Crippen molar-refractivity contribution in [2.75, 3.05) is 52.6 Å². The molecule has 9 heteroatoms. The normalized spacial score (nSPS) is 22.3. The minimum Gasteiger partial charge on any atom is -0.507 e. The second kappa shape index (κ2) is 12.3. The van der Waals surface area contributed by atoms with E-state index in [1.807, 2.05) is 45.0 Å². The Morgan fingerprint density at radius 2 is 1.75 bits per heavy atom. The number of nitrogens with zero attached hydrogens (tertiary/aromatic N) is 2. The van der Waals surface area contributed by atoms with Gasteiger partial charge in [-0.3, -0.25) is 14.5 Å². The number of likely N-dealkylation sites (tertiary alicyclic amines) is 1. The highest BCUT2D eigenvalue weighted by Gasteiger charge is 2.46. The molecule has 1 N–H and O–H groups in total. The van der Waals surface area contributed by atoms with Crippen LogP contribution >= 0.6 is 0 Å². The maximum atomic E-state index is 13.5. The van der Waals surface area contributed by atoms with Gasteiger partial charge in [-0.05, 0) is 68.7 Å². The lowest BCUT2D eigenvalue weighted by Gasteiger charge is -2.29. The molecule has 0 bridgehead atoms. The third-order valence-electron chi connectivity index (χ3n) is 7.57. The zero-order valence-electron chi connectivity index (χ0n) is 23.5. The third kappa shape index (κ3) is 5.67. The lowest BCUT2D eigenvalue weighted by atomic mass is 9.94. The van der Waals surface area contributed by atoms with E-state index < -0.39 is 17.7 Å². The molecule has 3 aliphatic rings. The minimum absolute atomic E-state index is 0.0466. The first-order valence-corrected chi connectivity index (χ1v) is 14.2. The first-order chi connectivity index (χ1) is 19.4. The molecule has 0 aliphatic carbocycles.